The van der Waals surface area contributed by atoms with E-state index in [1.807, 2.05) is 24.3 Å². The van der Waals surface area contributed by atoms with Gasteiger partial charge in [-0.1, -0.05) is 49.4 Å². The summed E-state index contributed by atoms with van der Waals surface area (Å²) in [5.74, 6) is -0.724. The van der Waals surface area contributed by atoms with Crippen LogP contribution in [-0.2, 0) is 14.3 Å². The van der Waals surface area contributed by atoms with Crippen molar-refractivity contribution in [3.63, 3.8) is 0 Å². The van der Waals surface area contributed by atoms with Crippen molar-refractivity contribution in [2.75, 3.05) is 11.9 Å². The molecule has 0 aliphatic rings. The Hall–Kier alpha value is -2.66. The first-order chi connectivity index (χ1) is 11.6. The Morgan fingerprint density at radius 3 is 2.38 bits per heavy atom. The summed E-state index contributed by atoms with van der Waals surface area (Å²) in [5, 5.41) is 12.8. The Bertz CT molecular complexity index is 710. The molecule has 0 spiro atoms. The molecule has 0 aliphatic heterocycles. The summed E-state index contributed by atoms with van der Waals surface area (Å²) in [6.45, 7) is 3.71. The Morgan fingerprint density at radius 2 is 1.75 bits per heavy atom. The van der Waals surface area contributed by atoms with Crippen LogP contribution in [0.5, 0.6) is 0 Å². The SMILES string of the molecule is CCOC(=O)C(O)c1ccc(-c2ccccc2NC(=O)CC)cc1. The van der Waals surface area contributed by atoms with Crippen molar-refractivity contribution in [2.24, 2.45) is 0 Å². The van der Waals surface area contributed by atoms with Gasteiger partial charge in [0.1, 0.15) is 0 Å². The van der Waals surface area contributed by atoms with Crippen LogP contribution >= 0.6 is 0 Å². The molecule has 1 atom stereocenters. The van der Waals surface area contributed by atoms with Gasteiger partial charge in [0, 0.05) is 17.7 Å². The monoisotopic (exact) mass is 327 g/mol. The molecule has 0 heterocycles. The second kappa shape index (κ2) is 8.26. The van der Waals surface area contributed by atoms with Crippen molar-refractivity contribution in [3.05, 3.63) is 54.1 Å². The third-order valence-electron chi connectivity index (χ3n) is 3.57. The van der Waals surface area contributed by atoms with Crippen LogP contribution in [0.15, 0.2) is 48.5 Å². The number of esters is 1. The fourth-order valence-corrected chi connectivity index (χ4v) is 2.28. The third kappa shape index (κ3) is 4.20. The zero-order chi connectivity index (χ0) is 17.5. The van der Waals surface area contributed by atoms with Crippen LogP contribution < -0.4 is 5.32 Å². The lowest BCUT2D eigenvalue weighted by molar-refractivity contribution is -0.153. The number of rotatable bonds is 6. The van der Waals surface area contributed by atoms with Crippen LogP contribution in [0.2, 0.25) is 0 Å². The maximum absolute atomic E-state index is 11.6. The molecule has 0 saturated heterocycles. The van der Waals surface area contributed by atoms with Gasteiger partial charge >= 0.3 is 5.97 Å². The predicted octanol–water partition coefficient (Wildman–Crippen LogP) is 3.30. The van der Waals surface area contributed by atoms with Gasteiger partial charge in [0.15, 0.2) is 6.10 Å². The van der Waals surface area contributed by atoms with Gasteiger partial charge in [-0.3, -0.25) is 4.79 Å². The second-order valence-electron chi connectivity index (χ2n) is 5.22. The number of hydrogen-bond donors (Lipinski definition) is 2. The number of aliphatic hydroxyl groups excluding tert-OH is 1. The highest BCUT2D eigenvalue weighted by Gasteiger charge is 2.18. The van der Waals surface area contributed by atoms with Gasteiger partial charge < -0.3 is 15.2 Å². The normalized spacial score (nSPS) is 11.6. The van der Waals surface area contributed by atoms with Crippen LogP contribution in [0, 0.1) is 0 Å². The van der Waals surface area contributed by atoms with Crippen molar-refractivity contribution in [1.29, 1.82) is 0 Å². The van der Waals surface area contributed by atoms with E-state index in [0.717, 1.165) is 16.8 Å². The molecular formula is C19H21NO4. The molecule has 0 radical (unpaired) electrons. The number of carbonyl (C=O) groups is 2. The summed E-state index contributed by atoms with van der Waals surface area (Å²) in [7, 11) is 0. The zero-order valence-corrected chi connectivity index (χ0v) is 13.8. The van der Waals surface area contributed by atoms with Gasteiger partial charge in [0.05, 0.1) is 6.61 Å². The summed E-state index contributed by atoms with van der Waals surface area (Å²) in [4.78, 5) is 23.2. The first-order valence-corrected chi connectivity index (χ1v) is 7.90. The Morgan fingerprint density at radius 1 is 1.08 bits per heavy atom. The molecule has 0 bridgehead atoms. The molecule has 24 heavy (non-hydrogen) atoms. The van der Waals surface area contributed by atoms with Crippen molar-refractivity contribution in [3.8, 4) is 11.1 Å². The molecule has 2 aromatic rings. The van der Waals surface area contributed by atoms with Crippen molar-refractivity contribution < 1.29 is 19.4 Å². The van der Waals surface area contributed by atoms with Gasteiger partial charge in [-0.15, -0.1) is 0 Å². The average Bonchev–Trinajstić information content (AvgIpc) is 2.62. The highest BCUT2D eigenvalue weighted by Crippen LogP contribution is 2.29. The Labute approximate surface area is 141 Å². The number of anilines is 1. The summed E-state index contributed by atoms with van der Waals surface area (Å²) >= 11 is 0. The molecule has 2 aromatic carbocycles. The smallest absolute Gasteiger partial charge is 0.339 e. The van der Waals surface area contributed by atoms with E-state index < -0.39 is 12.1 Å². The number of hydrogen-bond acceptors (Lipinski definition) is 4. The fraction of sp³-hybridized carbons (Fsp3) is 0.263. The van der Waals surface area contributed by atoms with Crippen molar-refractivity contribution >= 4 is 17.6 Å². The van der Waals surface area contributed by atoms with E-state index in [2.05, 4.69) is 5.32 Å². The molecule has 1 amide bonds. The van der Waals surface area contributed by atoms with Crippen LogP contribution in [0.1, 0.15) is 31.9 Å². The highest BCUT2D eigenvalue weighted by molar-refractivity contribution is 5.95. The first kappa shape index (κ1) is 17.7. The minimum atomic E-state index is -1.30. The number of nitrogens with one attached hydrogen (secondary N) is 1. The standard InChI is InChI=1S/C19H21NO4/c1-3-17(21)20-16-8-6-5-7-15(16)13-9-11-14(12-10-13)18(22)19(23)24-4-2/h5-12,18,22H,3-4H2,1-2H3,(H,20,21). The zero-order valence-electron chi connectivity index (χ0n) is 13.8. The van der Waals surface area contributed by atoms with Gasteiger partial charge in [0.2, 0.25) is 5.91 Å². The molecule has 1 unspecified atom stereocenters. The van der Waals surface area contributed by atoms with E-state index >= 15 is 0 Å². The van der Waals surface area contributed by atoms with Crippen molar-refractivity contribution in [1.82, 2.24) is 0 Å². The number of carbonyl (C=O) groups excluding carboxylic acids is 2. The van der Waals surface area contributed by atoms with Crippen LogP contribution in [0.4, 0.5) is 5.69 Å². The quantitative estimate of drug-likeness (QED) is 0.798. The molecule has 5 heteroatoms. The third-order valence-corrected chi connectivity index (χ3v) is 3.57. The number of aliphatic hydroxyl groups is 1. The lowest BCUT2D eigenvalue weighted by Crippen LogP contribution is -2.15. The summed E-state index contributed by atoms with van der Waals surface area (Å²) in [5.41, 5.74) is 2.94. The largest absolute Gasteiger partial charge is 0.464 e. The molecule has 126 valence electrons. The highest BCUT2D eigenvalue weighted by atomic mass is 16.5. The number of benzene rings is 2. The van der Waals surface area contributed by atoms with E-state index in [9.17, 15) is 14.7 Å². The van der Waals surface area contributed by atoms with Gasteiger partial charge in [0.25, 0.3) is 0 Å². The topological polar surface area (TPSA) is 75.6 Å². The molecule has 0 aromatic heterocycles. The maximum atomic E-state index is 11.6. The lowest BCUT2D eigenvalue weighted by atomic mass is 10.0. The van der Waals surface area contributed by atoms with Crippen LogP contribution in [-0.4, -0.2) is 23.6 Å². The molecule has 0 fully saturated rings. The van der Waals surface area contributed by atoms with E-state index in [0.29, 0.717) is 12.0 Å². The maximum Gasteiger partial charge on any atom is 0.339 e. The molecule has 2 rings (SSSR count). The molecule has 5 nitrogen and oxygen atoms in total. The van der Waals surface area contributed by atoms with Gasteiger partial charge in [-0.25, -0.2) is 4.79 Å². The average molecular weight is 327 g/mol. The molecular weight excluding hydrogens is 306 g/mol. The van der Waals surface area contributed by atoms with E-state index in [-0.39, 0.29) is 12.5 Å². The summed E-state index contributed by atoms with van der Waals surface area (Å²) in [6, 6.07) is 14.4. The Kier molecular flexibility index (Phi) is 6.09. The summed E-state index contributed by atoms with van der Waals surface area (Å²) in [6.07, 6.45) is -0.895. The van der Waals surface area contributed by atoms with Crippen molar-refractivity contribution in [2.45, 2.75) is 26.4 Å². The molecule has 2 N–H and O–H groups in total. The van der Waals surface area contributed by atoms with Crippen LogP contribution in [0.25, 0.3) is 11.1 Å². The first-order valence-electron chi connectivity index (χ1n) is 7.90. The predicted molar refractivity (Wildman–Crippen MR) is 92.4 cm³/mol. The van der Waals surface area contributed by atoms with E-state index in [1.165, 1.54) is 0 Å². The molecule has 0 saturated carbocycles. The number of amides is 1. The summed E-state index contributed by atoms with van der Waals surface area (Å²) < 4.78 is 4.81. The molecule has 0 aliphatic carbocycles. The number of para-hydroxylation sites is 1. The van der Waals surface area contributed by atoms with Gasteiger partial charge in [-0.05, 0) is 24.1 Å². The van der Waals surface area contributed by atoms with Gasteiger partial charge in [-0.2, -0.15) is 0 Å². The fourth-order valence-electron chi connectivity index (χ4n) is 2.28. The van der Waals surface area contributed by atoms with E-state index in [4.69, 9.17) is 4.74 Å². The minimum absolute atomic E-state index is 0.0585. The van der Waals surface area contributed by atoms with Crippen LogP contribution in [0.3, 0.4) is 0 Å². The lowest BCUT2D eigenvalue weighted by Gasteiger charge is -2.13. The number of ether oxygens (including phenoxy) is 1. The second-order valence-corrected chi connectivity index (χ2v) is 5.22. The minimum Gasteiger partial charge on any atom is -0.464 e. The Balaban J connectivity index is 2.25. The van der Waals surface area contributed by atoms with E-state index in [1.54, 1.807) is 38.1 Å².